The minimum absolute atomic E-state index is 0.709. The minimum atomic E-state index is 0.709. The van der Waals surface area contributed by atoms with Crippen molar-refractivity contribution in [2.24, 2.45) is 0 Å². The molecule has 0 unspecified atom stereocenters. The maximum atomic E-state index is 10.6. The van der Waals surface area contributed by atoms with Gasteiger partial charge in [0.2, 0.25) is 0 Å². The van der Waals surface area contributed by atoms with Gasteiger partial charge in [-0.25, -0.2) is 0 Å². The molecule has 0 amide bonds. The van der Waals surface area contributed by atoms with Crippen molar-refractivity contribution in [3.63, 3.8) is 0 Å². The van der Waals surface area contributed by atoms with Crippen molar-refractivity contribution in [2.75, 3.05) is 0 Å². The molecule has 1 rings (SSSR count). The Labute approximate surface area is 78.4 Å². The molecule has 1 aromatic carbocycles. The molecule has 0 radical (unpaired) electrons. The van der Waals surface area contributed by atoms with Crippen LogP contribution in [0.1, 0.15) is 21.5 Å². The fourth-order valence-electron chi connectivity index (χ4n) is 1.09. The van der Waals surface area contributed by atoms with Crippen molar-refractivity contribution in [3.8, 4) is 0 Å². The van der Waals surface area contributed by atoms with Crippen molar-refractivity contribution in [3.05, 3.63) is 54.1 Å². The first-order chi connectivity index (χ1) is 6.19. The van der Waals surface area contributed by atoms with Crippen LogP contribution in [0, 0.1) is 6.92 Å². The number of aldehydes is 1. The van der Waals surface area contributed by atoms with Crippen LogP contribution >= 0.6 is 0 Å². The Balaban J connectivity index is 3.20. The second-order valence-corrected chi connectivity index (χ2v) is 2.92. The average Bonchev–Trinajstić information content (AvgIpc) is 2.17. The van der Waals surface area contributed by atoms with Gasteiger partial charge in [0, 0.05) is 5.56 Å². The molecule has 0 saturated heterocycles. The van der Waals surface area contributed by atoms with Gasteiger partial charge in [-0.05, 0) is 29.7 Å². The molecule has 0 spiro atoms. The third kappa shape index (κ3) is 1.94. The molecule has 0 heterocycles. The van der Waals surface area contributed by atoms with E-state index >= 15 is 0 Å². The highest BCUT2D eigenvalue weighted by atomic mass is 16.1. The van der Waals surface area contributed by atoms with Crippen LogP contribution in [0.2, 0.25) is 0 Å². The summed E-state index contributed by atoms with van der Waals surface area (Å²) in [5.74, 6) is 0. The highest BCUT2D eigenvalue weighted by Gasteiger charge is 1.99. The topological polar surface area (TPSA) is 17.1 Å². The van der Waals surface area contributed by atoms with E-state index in [9.17, 15) is 4.79 Å². The van der Waals surface area contributed by atoms with Gasteiger partial charge in [-0.3, -0.25) is 4.79 Å². The van der Waals surface area contributed by atoms with Gasteiger partial charge in [0.05, 0.1) is 0 Å². The van der Waals surface area contributed by atoms with Crippen LogP contribution in [0.25, 0.3) is 5.57 Å². The average molecular weight is 172 g/mol. The summed E-state index contributed by atoms with van der Waals surface area (Å²) in [5.41, 5.74) is 3.47. The zero-order valence-corrected chi connectivity index (χ0v) is 7.71. The molecule has 1 aromatic rings. The second kappa shape index (κ2) is 3.85. The number of carbonyl (C=O) groups excluding carboxylic acids is 1. The summed E-state index contributed by atoms with van der Waals surface area (Å²) in [5, 5.41) is 0. The Morgan fingerprint density at radius 1 is 1.46 bits per heavy atom. The van der Waals surface area contributed by atoms with Gasteiger partial charge in [0.15, 0.2) is 0 Å². The van der Waals surface area contributed by atoms with Gasteiger partial charge in [-0.15, -0.1) is 0 Å². The summed E-state index contributed by atoms with van der Waals surface area (Å²) >= 11 is 0. The molecule has 0 aliphatic rings. The monoisotopic (exact) mass is 172 g/mol. The third-order valence-corrected chi connectivity index (χ3v) is 2.02. The Morgan fingerprint density at radius 2 is 2.15 bits per heavy atom. The lowest BCUT2D eigenvalue weighted by Gasteiger charge is -2.03. The zero-order valence-electron chi connectivity index (χ0n) is 7.71. The number of rotatable bonds is 3. The van der Waals surface area contributed by atoms with Crippen LogP contribution in [0.15, 0.2) is 37.4 Å². The first kappa shape index (κ1) is 9.46. The van der Waals surface area contributed by atoms with Crippen LogP contribution in [-0.2, 0) is 0 Å². The molecule has 13 heavy (non-hydrogen) atoms. The van der Waals surface area contributed by atoms with E-state index in [-0.39, 0.29) is 0 Å². The SMILES string of the molecule is C=CC(=C)c1ccc(C)c(C=O)c1. The molecule has 0 aliphatic carbocycles. The summed E-state index contributed by atoms with van der Waals surface area (Å²) in [6.45, 7) is 9.35. The summed E-state index contributed by atoms with van der Waals surface area (Å²) in [6, 6.07) is 5.67. The van der Waals surface area contributed by atoms with Gasteiger partial charge in [-0.2, -0.15) is 0 Å². The Bertz CT molecular complexity index is 361. The highest BCUT2D eigenvalue weighted by molar-refractivity contribution is 5.81. The minimum Gasteiger partial charge on any atom is -0.298 e. The van der Waals surface area contributed by atoms with E-state index in [0.717, 1.165) is 23.0 Å². The number of carbonyl (C=O) groups is 1. The van der Waals surface area contributed by atoms with Crippen LogP contribution in [0.3, 0.4) is 0 Å². The molecular formula is C12H12O. The lowest BCUT2D eigenvalue weighted by atomic mass is 10.0. The number of hydrogen-bond donors (Lipinski definition) is 0. The van der Waals surface area contributed by atoms with Crippen LogP contribution in [-0.4, -0.2) is 6.29 Å². The lowest BCUT2D eigenvalue weighted by Crippen LogP contribution is -1.88. The first-order valence-electron chi connectivity index (χ1n) is 4.06. The Morgan fingerprint density at radius 3 is 2.69 bits per heavy atom. The van der Waals surface area contributed by atoms with E-state index < -0.39 is 0 Å². The number of aryl methyl sites for hydroxylation is 1. The largest absolute Gasteiger partial charge is 0.298 e. The highest BCUT2D eigenvalue weighted by Crippen LogP contribution is 2.16. The number of allylic oxidation sites excluding steroid dienone is 2. The molecule has 0 saturated carbocycles. The van der Waals surface area contributed by atoms with Crippen LogP contribution in [0.4, 0.5) is 0 Å². The summed E-state index contributed by atoms with van der Waals surface area (Å²) in [7, 11) is 0. The van der Waals surface area contributed by atoms with Gasteiger partial charge in [0.1, 0.15) is 6.29 Å². The van der Waals surface area contributed by atoms with E-state index in [1.54, 1.807) is 6.08 Å². The Hall–Kier alpha value is -1.63. The van der Waals surface area contributed by atoms with E-state index in [1.165, 1.54) is 0 Å². The molecule has 1 heteroatoms. The van der Waals surface area contributed by atoms with Gasteiger partial charge in [-0.1, -0.05) is 31.4 Å². The molecule has 0 bridgehead atoms. The van der Waals surface area contributed by atoms with Gasteiger partial charge in [0.25, 0.3) is 0 Å². The predicted octanol–water partition coefficient (Wildman–Crippen LogP) is 3.01. The normalized spacial score (nSPS) is 9.31. The molecule has 0 atom stereocenters. The van der Waals surface area contributed by atoms with Gasteiger partial charge >= 0.3 is 0 Å². The fraction of sp³-hybridized carbons (Fsp3) is 0.0833. The van der Waals surface area contributed by atoms with Crippen LogP contribution < -0.4 is 0 Å². The summed E-state index contributed by atoms with van der Waals surface area (Å²) in [4.78, 5) is 10.6. The fourth-order valence-corrected chi connectivity index (χ4v) is 1.09. The van der Waals surface area contributed by atoms with Crippen molar-refractivity contribution < 1.29 is 4.79 Å². The van der Waals surface area contributed by atoms with Crippen molar-refractivity contribution in [1.29, 1.82) is 0 Å². The van der Waals surface area contributed by atoms with E-state index in [2.05, 4.69) is 13.2 Å². The molecule has 66 valence electrons. The third-order valence-electron chi connectivity index (χ3n) is 2.02. The van der Waals surface area contributed by atoms with Crippen molar-refractivity contribution in [2.45, 2.75) is 6.92 Å². The number of hydrogen-bond acceptors (Lipinski definition) is 1. The molecule has 0 fully saturated rings. The first-order valence-corrected chi connectivity index (χ1v) is 4.06. The van der Waals surface area contributed by atoms with Crippen LogP contribution in [0.5, 0.6) is 0 Å². The van der Waals surface area contributed by atoms with Crippen molar-refractivity contribution in [1.82, 2.24) is 0 Å². The van der Waals surface area contributed by atoms with Gasteiger partial charge < -0.3 is 0 Å². The zero-order chi connectivity index (χ0) is 9.84. The van der Waals surface area contributed by atoms with E-state index in [4.69, 9.17) is 0 Å². The summed E-state index contributed by atoms with van der Waals surface area (Å²) in [6.07, 6.45) is 2.54. The summed E-state index contributed by atoms with van der Waals surface area (Å²) < 4.78 is 0. The molecule has 0 aliphatic heterocycles. The van der Waals surface area contributed by atoms with Crippen molar-refractivity contribution >= 4 is 11.9 Å². The Kier molecular flexibility index (Phi) is 2.80. The molecule has 0 N–H and O–H groups in total. The number of benzene rings is 1. The van der Waals surface area contributed by atoms with E-state index in [0.29, 0.717) is 5.56 Å². The maximum absolute atomic E-state index is 10.6. The van der Waals surface area contributed by atoms with E-state index in [1.807, 2.05) is 25.1 Å². The lowest BCUT2D eigenvalue weighted by molar-refractivity contribution is 0.112. The molecular weight excluding hydrogens is 160 g/mol. The molecule has 1 nitrogen and oxygen atoms in total. The maximum Gasteiger partial charge on any atom is 0.150 e. The molecule has 0 aromatic heterocycles. The smallest absolute Gasteiger partial charge is 0.150 e. The predicted molar refractivity (Wildman–Crippen MR) is 55.8 cm³/mol. The quantitative estimate of drug-likeness (QED) is 0.506. The standard InChI is InChI=1S/C12H12O/c1-4-9(2)11-6-5-10(3)12(7-11)8-13/h4-8H,1-2H2,3H3. The second-order valence-electron chi connectivity index (χ2n) is 2.92.